The summed E-state index contributed by atoms with van der Waals surface area (Å²) in [7, 11) is 0. The molecule has 0 radical (unpaired) electrons. The molecule has 0 aromatic carbocycles. The summed E-state index contributed by atoms with van der Waals surface area (Å²) in [5.74, 6) is 1.33. The van der Waals surface area contributed by atoms with E-state index in [1.54, 1.807) is 0 Å². The maximum Gasteiger partial charge on any atom is 0.137 e. The Kier molecular flexibility index (Phi) is 1.23. The molecule has 2 rings (SSSR count). The Morgan fingerprint density at radius 2 is 2.30 bits per heavy atom. The third-order valence-corrected chi connectivity index (χ3v) is 2.36. The van der Waals surface area contributed by atoms with Gasteiger partial charge in [-0.1, -0.05) is 24.3 Å². The topological polar surface area (TPSA) is 17.1 Å². The number of carbonyl (C=O) groups is 1. The normalized spacial score (nSPS) is 36.6. The smallest absolute Gasteiger partial charge is 0.137 e. The lowest BCUT2D eigenvalue weighted by atomic mass is 9.71. The van der Waals surface area contributed by atoms with Crippen molar-refractivity contribution in [1.29, 1.82) is 0 Å². The molecule has 0 spiro atoms. The first-order valence-electron chi connectivity index (χ1n) is 3.74. The van der Waals surface area contributed by atoms with Crippen molar-refractivity contribution in [2.75, 3.05) is 0 Å². The third kappa shape index (κ3) is 0.737. The van der Waals surface area contributed by atoms with Gasteiger partial charge in [0.1, 0.15) is 5.78 Å². The minimum absolute atomic E-state index is 0.329. The van der Waals surface area contributed by atoms with Crippen LogP contribution in [0.2, 0.25) is 0 Å². The van der Waals surface area contributed by atoms with E-state index in [0.29, 0.717) is 17.6 Å². The van der Waals surface area contributed by atoms with Crippen molar-refractivity contribution in [1.82, 2.24) is 0 Å². The second-order valence-corrected chi connectivity index (χ2v) is 2.99. The molecule has 0 bridgehead atoms. The molecule has 1 nitrogen and oxygen atoms in total. The molecule has 0 amide bonds. The van der Waals surface area contributed by atoms with Crippen LogP contribution in [-0.4, -0.2) is 5.78 Å². The molecule has 0 aliphatic heterocycles. The maximum atomic E-state index is 10.9. The van der Waals surface area contributed by atoms with E-state index in [2.05, 4.69) is 18.2 Å². The summed E-state index contributed by atoms with van der Waals surface area (Å²) in [6, 6.07) is 0. The highest BCUT2D eigenvalue weighted by atomic mass is 16.1. The predicted octanol–water partition coefficient (Wildman–Crippen LogP) is 1.71. The van der Waals surface area contributed by atoms with E-state index in [1.807, 2.05) is 6.08 Å². The summed E-state index contributed by atoms with van der Waals surface area (Å²) in [6.45, 7) is 0. The number of hydrogen-bond donors (Lipinski definition) is 0. The Hall–Kier alpha value is -0.850. The first kappa shape index (κ1) is 5.90. The summed E-state index contributed by atoms with van der Waals surface area (Å²) in [4.78, 5) is 10.9. The fourth-order valence-corrected chi connectivity index (χ4v) is 1.62. The molecular weight excluding hydrogens is 124 g/mol. The Morgan fingerprint density at radius 1 is 1.40 bits per heavy atom. The van der Waals surface area contributed by atoms with Crippen LogP contribution in [0.25, 0.3) is 0 Å². The zero-order valence-electron chi connectivity index (χ0n) is 5.79. The Labute approximate surface area is 60.4 Å². The first-order chi connectivity index (χ1) is 4.88. The van der Waals surface area contributed by atoms with Gasteiger partial charge >= 0.3 is 0 Å². The second kappa shape index (κ2) is 2.08. The van der Waals surface area contributed by atoms with Gasteiger partial charge in [-0.05, 0) is 12.3 Å². The van der Waals surface area contributed by atoms with Gasteiger partial charge in [0.05, 0.1) is 0 Å². The van der Waals surface area contributed by atoms with Crippen molar-refractivity contribution >= 4 is 5.78 Å². The van der Waals surface area contributed by atoms with E-state index in [1.165, 1.54) is 0 Å². The lowest BCUT2D eigenvalue weighted by Gasteiger charge is -2.31. The number of hydrogen-bond acceptors (Lipinski definition) is 1. The molecule has 0 heterocycles. The van der Waals surface area contributed by atoms with Crippen LogP contribution in [-0.2, 0) is 4.79 Å². The highest BCUT2D eigenvalue weighted by Gasteiger charge is 2.36. The van der Waals surface area contributed by atoms with E-state index in [-0.39, 0.29) is 0 Å². The van der Waals surface area contributed by atoms with Crippen molar-refractivity contribution in [3.05, 3.63) is 24.3 Å². The number of rotatable bonds is 0. The van der Waals surface area contributed by atoms with Crippen LogP contribution in [0.5, 0.6) is 0 Å². The van der Waals surface area contributed by atoms with Gasteiger partial charge in [0, 0.05) is 12.3 Å². The summed E-state index contributed by atoms with van der Waals surface area (Å²) in [5.41, 5.74) is 0. The first-order valence-corrected chi connectivity index (χ1v) is 3.74. The molecule has 1 heteroatoms. The minimum Gasteiger partial charge on any atom is -0.299 e. The third-order valence-electron chi connectivity index (χ3n) is 2.36. The van der Waals surface area contributed by atoms with Crippen LogP contribution < -0.4 is 0 Å². The van der Waals surface area contributed by atoms with Crippen LogP contribution in [0.3, 0.4) is 0 Å². The Morgan fingerprint density at radius 3 is 3.10 bits per heavy atom. The molecule has 1 fully saturated rings. The van der Waals surface area contributed by atoms with E-state index >= 15 is 0 Å². The van der Waals surface area contributed by atoms with Gasteiger partial charge in [-0.3, -0.25) is 4.79 Å². The zero-order chi connectivity index (χ0) is 6.97. The Bertz CT molecular complexity index is 213. The van der Waals surface area contributed by atoms with Crippen molar-refractivity contribution < 1.29 is 4.79 Å². The fraction of sp³-hybridized carbons (Fsp3) is 0.444. The van der Waals surface area contributed by atoms with E-state index in [4.69, 9.17) is 0 Å². The molecule has 0 aromatic rings. The second-order valence-electron chi connectivity index (χ2n) is 2.99. The molecule has 2 aliphatic carbocycles. The molecule has 10 heavy (non-hydrogen) atoms. The maximum absolute atomic E-state index is 10.9. The SMILES string of the molecule is O=C1CC2C=CC=CCC12. The number of fused-ring (bicyclic) bond motifs is 1. The summed E-state index contributed by atoms with van der Waals surface area (Å²) < 4.78 is 0. The van der Waals surface area contributed by atoms with Crippen LogP contribution in [0.15, 0.2) is 24.3 Å². The Balaban J connectivity index is 2.16. The molecule has 0 N–H and O–H groups in total. The predicted molar refractivity (Wildman–Crippen MR) is 39.5 cm³/mol. The largest absolute Gasteiger partial charge is 0.299 e. The number of Topliss-reactive ketones (excluding diaryl/α,β-unsaturated/α-hetero) is 1. The van der Waals surface area contributed by atoms with Gasteiger partial charge in [0.15, 0.2) is 0 Å². The molecular formula is C9H10O. The highest BCUT2D eigenvalue weighted by molar-refractivity contribution is 5.88. The molecule has 2 atom stereocenters. The van der Waals surface area contributed by atoms with E-state index in [9.17, 15) is 4.79 Å². The van der Waals surface area contributed by atoms with Gasteiger partial charge in [-0.25, -0.2) is 0 Å². The van der Waals surface area contributed by atoms with Crippen LogP contribution >= 0.6 is 0 Å². The summed E-state index contributed by atoms with van der Waals surface area (Å²) in [5, 5.41) is 0. The number of carbonyl (C=O) groups excluding carboxylic acids is 1. The van der Waals surface area contributed by atoms with Gasteiger partial charge in [-0.15, -0.1) is 0 Å². The van der Waals surface area contributed by atoms with Gasteiger partial charge < -0.3 is 0 Å². The quantitative estimate of drug-likeness (QED) is 0.493. The molecule has 0 aromatic heterocycles. The van der Waals surface area contributed by atoms with Gasteiger partial charge in [0.2, 0.25) is 0 Å². The molecule has 2 aliphatic rings. The lowest BCUT2D eigenvalue weighted by Crippen LogP contribution is -2.34. The van der Waals surface area contributed by atoms with Crippen LogP contribution in [0.1, 0.15) is 12.8 Å². The van der Waals surface area contributed by atoms with E-state index < -0.39 is 0 Å². The van der Waals surface area contributed by atoms with Crippen molar-refractivity contribution in [3.8, 4) is 0 Å². The summed E-state index contributed by atoms with van der Waals surface area (Å²) in [6.07, 6.45) is 10.1. The molecule has 2 unspecified atom stereocenters. The van der Waals surface area contributed by atoms with Gasteiger partial charge in [-0.2, -0.15) is 0 Å². The molecule has 52 valence electrons. The van der Waals surface area contributed by atoms with Crippen molar-refractivity contribution in [2.24, 2.45) is 11.8 Å². The monoisotopic (exact) mass is 134 g/mol. The number of allylic oxidation sites excluding steroid dienone is 4. The van der Waals surface area contributed by atoms with Gasteiger partial charge in [0.25, 0.3) is 0 Å². The lowest BCUT2D eigenvalue weighted by molar-refractivity contribution is -0.132. The standard InChI is InChI=1S/C9H10O/c10-9-6-7-4-2-1-3-5-8(7)9/h1-4,7-8H,5-6H2. The van der Waals surface area contributed by atoms with E-state index in [0.717, 1.165) is 12.8 Å². The molecule has 0 saturated heterocycles. The van der Waals surface area contributed by atoms with Crippen LogP contribution in [0, 0.1) is 11.8 Å². The zero-order valence-corrected chi connectivity index (χ0v) is 5.79. The average molecular weight is 134 g/mol. The number of ketones is 1. The van der Waals surface area contributed by atoms with Crippen molar-refractivity contribution in [3.63, 3.8) is 0 Å². The average Bonchev–Trinajstić information content (AvgIpc) is 2.09. The van der Waals surface area contributed by atoms with Crippen LogP contribution in [0.4, 0.5) is 0 Å². The minimum atomic E-state index is 0.329. The summed E-state index contributed by atoms with van der Waals surface area (Å²) >= 11 is 0. The molecule has 1 saturated carbocycles. The highest BCUT2D eigenvalue weighted by Crippen LogP contribution is 2.35. The van der Waals surface area contributed by atoms with Crippen molar-refractivity contribution in [2.45, 2.75) is 12.8 Å². The fourth-order valence-electron chi connectivity index (χ4n) is 1.62.